The van der Waals surface area contributed by atoms with Crippen LogP contribution in [-0.2, 0) is 34.1 Å². The topological polar surface area (TPSA) is 175 Å². The van der Waals surface area contributed by atoms with E-state index in [-0.39, 0.29) is 34.1 Å². The molecule has 6 aromatic heterocycles. The van der Waals surface area contributed by atoms with Crippen LogP contribution < -0.4 is 31.9 Å². The van der Waals surface area contributed by atoms with Crippen molar-refractivity contribution < 1.29 is 68.7 Å². The van der Waals surface area contributed by atoms with Crippen LogP contribution in [0.4, 0.5) is 45.9 Å². The molecule has 0 amide bonds. The third-order valence-electron chi connectivity index (χ3n) is 14.2. The SMILES string of the molecule is CC#N.CC#N.F[B-](F)(F)F.F[B-](F)(F)F.[Cu+].[Cu+].c1ccc([PH+](CNc2ccc(NC[PH+](c3ccccc3)c3ccccc3)cc2)c2ccccc2)cc1.c1ccc2nc3c4cccnc4c4ncccc4c3nc2c1.c1ccc2nc3c4cccnc4c4ncccc4c3nc2c1. The first-order chi connectivity index (χ1) is 46.5. The number of pyridine rings is 4. The molecule has 15 rings (SSSR count). The van der Waals surface area contributed by atoms with Crippen molar-refractivity contribution in [3.05, 3.63) is 267 Å². The summed E-state index contributed by atoms with van der Waals surface area (Å²) in [4.78, 5) is 37.3. The van der Waals surface area contributed by atoms with E-state index in [1.807, 2.05) is 97.1 Å². The predicted octanol–water partition coefficient (Wildman–Crippen LogP) is 17.6. The van der Waals surface area contributed by atoms with Crippen molar-refractivity contribution in [1.82, 2.24) is 39.9 Å². The van der Waals surface area contributed by atoms with E-state index in [0.29, 0.717) is 0 Å². The van der Waals surface area contributed by atoms with Gasteiger partial charge < -0.3 is 45.2 Å². The average Bonchev–Trinajstić information content (AvgIpc) is 0.747. The summed E-state index contributed by atoms with van der Waals surface area (Å²) in [5.74, 6) is 0. The number of para-hydroxylation sites is 4. The van der Waals surface area contributed by atoms with Gasteiger partial charge in [-0.2, -0.15) is 10.5 Å². The molecule has 15 aromatic rings. The van der Waals surface area contributed by atoms with Crippen molar-refractivity contribution in [1.29, 1.82) is 10.5 Å². The van der Waals surface area contributed by atoms with Crippen molar-refractivity contribution in [2.24, 2.45) is 0 Å². The van der Waals surface area contributed by atoms with Crippen molar-refractivity contribution in [3.8, 4) is 12.1 Å². The van der Waals surface area contributed by atoms with E-state index < -0.39 is 30.4 Å². The number of halogens is 8. The van der Waals surface area contributed by atoms with Crippen LogP contribution in [-0.4, -0.2) is 67.0 Å². The normalized spacial score (nSPS) is 10.6. The second-order valence-corrected chi connectivity index (χ2v) is 25.5. The molecule has 0 saturated carbocycles. The third-order valence-corrected chi connectivity index (χ3v) is 19.3. The Balaban J connectivity index is 0.000000189. The number of benzene rings is 9. The maximum absolute atomic E-state index is 9.75. The number of nitrogens with one attached hydrogen (secondary N) is 2. The molecule has 0 atom stereocenters. The summed E-state index contributed by atoms with van der Waals surface area (Å²) in [7, 11) is -13.8. The minimum absolute atomic E-state index is 0. The maximum atomic E-state index is 9.75. The van der Waals surface area contributed by atoms with Crippen molar-refractivity contribution in [2.75, 3.05) is 23.2 Å². The average molecular weight is 1450 g/mol. The van der Waals surface area contributed by atoms with Gasteiger partial charge in [0, 0.05) is 71.6 Å². The van der Waals surface area contributed by atoms with Gasteiger partial charge in [0.1, 0.15) is 12.6 Å². The first-order valence-electron chi connectivity index (χ1n) is 29.8. The number of fused-ring (bicyclic) bond motifs is 14. The second kappa shape index (κ2) is 36.8. The summed E-state index contributed by atoms with van der Waals surface area (Å²) in [6.45, 7) is 2.86. The van der Waals surface area contributed by atoms with Crippen LogP contribution in [0.5, 0.6) is 0 Å². The van der Waals surface area contributed by atoms with Crippen LogP contribution in [0.3, 0.4) is 0 Å². The number of rotatable bonds is 10. The van der Waals surface area contributed by atoms with E-state index in [0.717, 1.165) is 112 Å². The van der Waals surface area contributed by atoms with Crippen LogP contribution in [0.2, 0.25) is 0 Å². The Morgan fingerprint density at radius 1 is 0.306 bits per heavy atom. The van der Waals surface area contributed by atoms with Crippen LogP contribution in [0, 0.1) is 22.7 Å². The zero-order chi connectivity index (χ0) is 67.9. The molecule has 98 heavy (non-hydrogen) atoms. The third kappa shape index (κ3) is 20.9. The smallest absolute Gasteiger partial charge is 0.418 e. The molecule has 0 spiro atoms. The van der Waals surface area contributed by atoms with Gasteiger partial charge >= 0.3 is 48.6 Å². The summed E-state index contributed by atoms with van der Waals surface area (Å²) in [5, 5.41) is 31.7. The summed E-state index contributed by atoms with van der Waals surface area (Å²) in [6.07, 6.45) is 9.04. The second-order valence-electron chi connectivity index (χ2n) is 20.6. The van der Waals surface area contributed by atoms with E-state index in [4.69, 9.17) is 30.5 Å². The number of nitriles is 2. The molecular weight excluding hydrogens is 1400 g/mol. The summed E-state index contributed by atoms with van der Waals surface area (Å²) < 4.78 is 78.0. The fourth-order valence-corrected chi connectivity index (χ4v) is 14.9. The zero-order valence-corrected chi connectivity index (χ0v) is 56.0. The first kappa shape index (κ1) is 75.3. The largest absolute Gasteiger partial charge is 1.00 e. The van der Waals surface area contributed by atoms with Crippen LogP contribution in [0.15, 0.2) is 267 Å². The molecule has 12 nitrogen and oxygen atoms in total. The van der Waals surface area contributed by atoms with Crippen LogP contribution >= 0.6 is 15.8 Å². The van der Waals surface area contributed by atoms with Crippen molar-refractivity contribution in [2.45, 2.75) is 13.8 Å². The zero-order valence-electron chi connectivity index (χ0n) is 52.1. The summed E-state index contributed by atoms with van der Waals surface area (Å²) in [5.41, 5.74) is 12.9. The Hall–Kier alpha value is -10.1. The number of hydrogen-bond donors (Lipinski definition) is 2. The van der Waals surface area contributed by atoms with Crippen LogP contribution in [0.25, 0.3) is 87.7 Å². The molecule has 0 aliphatic carbocycles. The van der Waals surface area contributed by atoms with Gasteiger partial charge in [0.2, 0.25) is 0 Å². The number of nitrogens with zero attached hydrogens (tertiary/aromatic N) is 10. The van der Waals surface area contributed by atoms with E-state index in [1.165, 1.54) is 35.1 Å². The Morgan fingerprint density at radius 2 is 0.500 bits per heavy atom. The maximum Gasteiger partial charge on any atom is 1.00 e. The molecule has 0 aliphatic heterocycles. The molecule has 0 aliphatic rings. The number of anilines is 2. The summed E-state index contributed by atoms with van der Waals surface area (Å²) in [6, 6.07) is 87.5. The van der Waals surface area contributed by atoms with Gasteiger partial charge in [-0.05, 0) is 146 Å². The Kier molecular flexibility index (Phi) is 28.3. The Labute approximate surface area is 582 Å². The van der Waals surface area contributed by atoms with E-state index in [1.54, 1.807) is 36.9 Å². The quantitative estimate of drug-likeness (QED) is 0.0437. The van der Waals surface area contributed by atoms with E-state index in [2.05, 4.69) is 176 Å². The van der Waals surface area contributed by atoms with Gasteiger partial charge in [0.15, 0.2) is 0 Å². The number of aromatic nitrogens is 8. The minimum Gasteiger partial charge on any atom is -0.418 e. The molecule has 0 saturated heterocycles. The first-order valence-corrected chi connectivity index (χ1v) is 33.2. The van der Waals surface area contributed by atoms with Gasteiger partial charge in [-0.3, -0.25) is 19.9 Å². The fraction of sp³-hybridized carbons (Fsp3) is 0.0556. The molecule has 0 fully saturated rings. The molecule has 26 heteroatoms. The molecule has 2 N–H and O–H groups in total. The van der Waals surface area contributed by atoms with Crippen molar-refractivity contribution in [3.63, 3.8) is 0 Å². The fourth-order valence-electron chi connectivity index (χ4n) is 10.3. The van der Waals surface area contributed by atoms with Gasteiger partial charge in [-0.15, -0.1) is 0 Å². The monoisotopic (exact) mass is 1450 g/mol. The molecular formula is C72H58B2Cu2F8N12P2+2. The van der Waals surface area contributed by atoms with Gasteiger partial charge in [0.25, 0.3) is 0 Å². The van der Waals surface area contributed by atoms with E-state index in [9.17, 15) is 34.5 Å². The Bertz CT molecular complexity index is 4520. The van der Waals surface area contributed by atoms with Gasteiger partial charge in [0.05, 0.1) is 115 Å². The molecule has 0 bridgehead atoms. The van der Waals surface area contributed by atoms with Gasteiger partial charge in [-0.25, -0.2) is 19.9 Å². The molecule has 498 valence electrons. The molecule has 9 aromatic carbocycles. The van der Waals surface area contributed by atoms with Crippen LogP contribution in [0.1, 0.15) is 13.8 Å². The molecule has 6 heterocycles. The Morgan fingerprint density at radius 3 is 0.704 bits per heavy atom. The molecule has 0 radical (unpaired) electrons. The minimum atomic E-state index is -6.00. The molecule has 0 unspecified atom stereocenters. The predicted molar refractivity (Wildman–Crippen MR) is 383 cm³/mol. The summed E-state index contributed by atoms with van der Waals surface area (Å²) >= 11 is 0. The standard InChI is InChI=1S/C32H30N2P2.2C18H10N4.2C2H3N.2BF4.2Cu/c1-5-13-29(14-6-1)35(30-15-7-2-8-16-30)25-33-27-21-23-28(24-22-27)34-26-36(31-17-9-3-10-18-31)32-19-11-4-12-20-32;2*1-2-8-14-13(7-1)21-17-11-5-3-9-19-15(11)16-12(18(17)22-14)6-4-10-20-16;2*1-2-3;2*2-1(3,4)5;;/h1-24,33-34H,25-26H2;2*1-10H;2*1H3;;;;/q;;;;;2*-1;2*+1/p+2. The number of hydrogen-bond acceptors (Lipinski definition) is 12. The van der Waals surface area contributed by atoms with Gasteiger partial charge in [-0.1, -0.05) is 97.1 Å². The van der Waals surface area contributed by atoms with Crippen molar-refractivity contribution >= 4 is 151 Å². The van der Waals surface area contributed by atoms with E-state index >= 15 is 0 Å².